The first-order valence-electron chi connectivity index (χ1n) is 5.70. The molecule has 90 valence electrons. The smallest absolute Gasteiger partial charge is 0.283 e. The van der Waals surface area contributed by atoms with E-state index in [9.17, 15) is 9.59 Å². The summed E-state index contributed by atoms with van der Waals surface area (Å²) in [6, 6.07) is 15.4. The molecule has 0 aliphatic carbocycles. The predicted octanol–water partition coefficient (Wildman–Crippen LogP) is 2.42. The monoisotopic (exact) mass is 248 g/mol. The average molecular weight is 248 g/mol. The highest BCUT2D eigenvalue weighted by atomic mass is 16.2. The van der Waals surface area contributed by atoms with Crippen LogP contribution in [0.5, 0.6) is 0 Å². The summed E-state index contributed by atoms with van der Waals surface area (Å²) in [7, 11) is 0. The van der Waals surface area contributed by atoms with Crippen LogP contribution in [0.15, 0.2) is 48.5 Å². The number of Topliss-reactive ketones (excluding diaryl/α,β-unsaturated/α-hetero) is 1. The number of carbonyl (C=O) groups excluding carboxylic acids is 2. The van der Waals surface area contributed by atoms with Gasteiger partial charge >= 0.3 is 5.91 Å². The Morgan fingerprint density at radius 3 is 2.32 bits per heavy atom. The molecule has 0 aromatic heterocycles. The van der Waals surface area contributed by atoms with E-state index in [1.54, 1.807) is 48.5 Å². The van der Waals surface area contributed by atoms with E-state index in [0.717, 1.165) is 0 Å². The third-order valence-corrected chi connectivity index (χ3v) is 3.04. The predicted molar refractivity (Wildman–Crippen MR) is 69.1 cm³/mol. The maximum atomic E-state index is 12.0. The van der Waals surface area contributed by atoms with Gasteiger partial charge in [0.25, 0.3) is 5.78 Å². The minimum absolute atomic E-state index is 0.414. The topological polar surface area (TPSA) is 61.2 Å². The highest BCUT2D eigenvalue weighted by Crippen LogP contribution is 2.34. The Morgan fingerprint density at radius 1 is 0.947 bits per heavy atom. The lowest BCUT2D eigenvalue weighted by atomic mass is 10.1. The van der Waals surface area contributed by atoms with Gasteiger partial charge in [0.2, 0.25) is 0 Å². The number of hydrogen-bond donors (Lipinski definition) is 0. The molecule has 3 rings (SSSR count). The van der Waals surface area contributed by atoms with Crippen molar-refractivity contribution in [2.24, 2.45) is 0 Å². The van der Waals surface area contributed by atoms with Gasteiger partial charge in [0.15, 0.2) is 0 Å². The van der Waals surface area contributed by atoms with Gasteiger partial charge in [-0.05, 0) is 36.4 Å². The number of para-hydroxylation sites is 1. The number of carbonyl (C=O) groups is 2. The number of ketones is 1. The quantitative estimate of drug-likeness (QED) is 0.728. The Labute approximate surface area is 109 Å². The molecule has 0 unspecified atom stereocenters. The first kappa shape index (κ1) is 11.2. The third kappa shape index (κ3) is 1.60. The summed E-state index contributed by atoms with van der Waals surface area (Å²) in [6.45, 7) is 0. The van der Waals surface area contributed by atoms with E-state index in [1.807, 2.05) is 6.07 Å². The molecule has 1 heterocycles. The maximum absolute atomic E-state index is 12.0. The summed E-state index contributed by atoms with van der Waals surface area (Å²) >= 11 is 0. The van der Waals surface area contributed by atoms with Crippen molar-refractivity contribution < 1.29 is 9.59 Å². The largest absolute Gasteiger partial charge is 0.304 e. The Kier molecular flexibility index (Phi) is 2.39. The zero-order chi connectivity index (χ0) is 13.4. The lowest BCUT2D eigenvalue weighted by Gasteiger charge is -2.16. The number of anilines is 2. The highest BCUT2D eigenvalue weighted by molar-refractivity contribution is 6.53. The number of amides is 1. The maximum Gasteiger partial charge on any atom is 0.304 e. The Bertz CT molecular complexity index is 727. The van der Waals surface area contributed by atoms with Crippen molar-refractivity contribution in [1.29, 1.82) is 5.26 Å². The summed E-state index contributed by atoms with van der Waals surface area (Å²) in [6.07, 6.45) is 0. The summed E-state index contributed by atoms with van der Waals surface area (Å²) in [5.41, 5.74) is 2.09. The fourth-order valence-corrected chi connectivity index (χ4v) is 2.13. The molecule has 0 saturated carbocycles. The molecule has 2 aromatic rings. The molecule has 0 fully saturated rings. The van der Waals surface area contributed by atoms with Gasteiger partial charge in [-0.3, -0.25) is 14.5 Å². The van der Waals surface area contributed by atoms with Crippen LogP contribution in [-0.2, 0) is 4.79 Å². The lowest BCUT2D eigenvalue weighted by molar-refractivity contribution is -0.113. The van der Waals surface area contributed by atoms with E-state index in [0.29, 0.717) is 22.5 Å². The lowest BCUT2D eigenvalue weighted by Crippen LogP contribution is -2.24. The van der Waals surface area contributed by atoms with Crippen molar-refractivity contribution in [1.82, 2.24) is 0 Å². The van der Waals surface area contributed by atoms with Gasteiger partial charge in [-0.2, -0.15) is 5.26 Å². The molecule has 1 amide bonds. The molecule has 1 aliphatic rings. The fourth-order valence-electron chi connectivity index (χ4n) is 2.13. The zero-order valence-electron chi connectivity index (χ0n) is 9.83. The molecule has 0 N–H and O–H groups in total. The molecular weight excluding hydrogens is 240 g/mol. The summed E-state index contributed by atoms with van der Waals surface area (Å²) < 4.78 is 0. The van der Waals surface area contributed by atoms with Crippen LogP contribution >= 0.6 is 0 Å². The molecule has 19 heavy (non-hydrogen) atoms. The van der Waals surface area contributed by atoms with Crippen LogP contribution in [0.4, 0.5) is 11.4 Å². The number of nitrogens with zero attached hydrogens (tertiary/aromatic N) is 2. The molecular formula is C15H8N2O2. The van der Waals surface area contributed by atoms with Crippen molar-refractivity contribution in [2.45, 2.75) is 0 Å². The van der Waals surface area contributed by atoms with Crippen LogP contribution in [0.3, 0.4) is 0 Å². The summed E-state index contributed by atoms with van der Waals surface area (Å²) in [5, 5.41) is 8.76. The van der Waals surface area contributed by atoms with Crippen LogP contribution in [0.1, 0.15) is 15.9 Å². The first-order valence-corrected chi connectivity index (χ1v) is 5.70. The van der Waals surface area contributed by atoms with Gasteiger partial charge in [0, 0.05) is 5.69 Å². The Morgan fingerprint density at radius 2 is 1.63 bits per heavy atom. The van der Waals surface area contributed by atoms with E-state index < -0.39 is 11.7 Å². The Balaban J connectivity index is 2.13. The molecule has 4 nitrogen and oxygen atoms in total. The molecule has 0 spiro atoms. The van der Waals surface area contributed by atoms with Crippen molar-refractivity contribution in [2.75, 3.05) is 4.90 Å². The molecule has 0 bridgehead atoms. The van der Waals surface area contributed by atoms with Crippen molar-refractivity contribution in [3.8, 4) is 6.07 Å². The standard InChI is InChI=1S/C15H8N2O2/c16-9-10-5-7-11(8-6-10)17-13-4-2-1-3-12(13)14(18)15(17)19/h1-8H. The average Bonchev–Trinajstić information content (AvgIpc) is 2.72. The third-order valence-electron chi connectivity index (χ3n) is 3.04. The number of nitriles is 1. The highest BCUT2D eigenvalue weighted by Gasteiger charge is 2.36. The molecule has 0 atom stereocenters. The second-order valence-corrected chi connectivity index (χ2v) is 4.15. The molecule has 4 heteroatoms. The number of benzene rings is 2. The van der Waals surface area contributed by atoms with Gasteiger partial charge in [0.1, 0.15) is 0 Å². The van der Waals surface area contributed by atoms with E-state index in [2.05, 4.69) is 0 Å². The van der Waals surface area contributed by atoms with Gasteiger partial charge in [-0.25, -0.2) is 0 Å². The summed E-state index contributed by atoms with van der Waals surface area (Å²) in [4.78, 5) is 25.3. The van der Waals surface area contributed by atoms with E-state index in [-0.39, 0.29) is 0 Å². The van der Waals surface area contributed by atoms with Crippen molar-refractivity contribution >= 4 is 23.1 Å². The van der Waals surface area contributed by atoms with E-state index in [1.165, 1.54) is 4.90 Å². The van der Waals surface area contributed by atoms with Gasteiger partial charge in [-0.15, -0.1) is 0 Å². The van der Waals surface area contributed by atoms with Crippen LogP contribution in [0.2, 0.25) is 0 Å². The minimum atomic E-state index is -0.564. The van der Waals surface area contributed by atoms with E-state index >= 15 is 0 Å². The normalized spacial score (nSPS) is 13.3. The second-order valence-electron chi connectivity index (χ2n) is 4.15. The van der Waals surface area contributed by atoms with Gasteiger partial charge in [0.05, 0.1) is 22.9 Å². The second kappa shape index (κ2) is 4.07. The van der Waals surface area contributed by atoms with Gasteiger partial charge in [-0.1, -0.05) is 12.1 Å². The molecule has 2 aromatic carbocycles. The SMILES string of the molecule is N#Cc1ccc(N2C(=O)C(=O)c3ccccc32)cc1. The van der Waals surface area contributed by atoms with Crippen LogP contribution < -0.4 is 4.90 Å². The minimum Gasteiger partial charge on any atom is -0.283 e. The van der Waals surface area contributed by atoms with Crippen molar-refractivity contribution in [3.63, 3.8) is 0 Å². The summed E-state index contributed by atoms with van der Waals surface area (Å²) in [5.74, 6) is -1.06. The van der Waals surface area contributed by atoms with Crippen molar-refractivity contribution in [3.05, 3.63) is 59.7 Å². The number of fused-ring (bicyclic) bond motifs is 1. The molecule has 0 radical (unpaired) electrons. The van der Waals surface area contributed by atoms with E-state index in [4.69, 9.17) is 5.26 Å². The van der Waals surface area contributed by atoms with Crippen LogP contribution in [0, 0.1) is 11.3 Å². The van der Waals surface area contributed by atoms with Crippen LogP contribution in [0.25, 0.3) is 0 Å². The zero-order valence-corrected chi connectivity index (χ0v) is 9.83. The Hall–Kier alpha value is -2.93. The molecule has 1 aliphatic heterocycles. The number of hydrogen-bond acceptors (Lipinski definition) is 3. The number of rotatable bonds is 1. The fraction of sp³-hybridized carbons (Fsp3) is 0. The van der Waals surface area contributed by atoms with Crippen LogP contribution in [-0.4, -0.2) is 11.7 Å². The van der Waals surface area contributed by atoms with Gasteiger partial charge < -0.3 is 0 Å². The first-order chi connectivity index (χ1) is 9.22. The molecule has 0 saturated heterocycles.